The van der Waals surface area contributed by atoms with E-state index >= 15 is 0 Å². The standard InChI is InChI=1S/C21H18F2N4O/c1-13-6-7-14-11-15(12-24)20(27-18(14)10-13)25-8-3-9-26-21(28)19-16(22)4-2-5-17(19)23/h2,4-7,10-11H,3,8-9H2,1H3,(H,25,27)(H,26,28)/p+1. The molecule has 142 valence electrons. The monoisotopic (exact) mass is 381 g/mol. The molecule has 3 rings (SSSR count). The van der Waals surface area contributed by atoms with Crippen molar-refractivity contribution in [1.29, 1.82) is 5.26 Å². The molecule has 0 saturated heterocycles. The smallest absolute Gasteiger partial charge is 0.290 e. The van der Waals surface area contributed by atoms with Gasteiger partial charge in [0.05, 0.1) is 6.54 Å². The van der Waals surface area contributed by atoms with Crippen molar-refractivity contribution in [2.45, 2.75) is 13.3 Å². The zero-order valence-electron chi connectivity index (χ0n) is 15.3. The Balaban J connectivity index is 1.58. The molecule has 0 radical (unpaired) electrons. The first-order chi connectivity index (χ1) is 13.5. The molecule has 0 atom stereocenters. The van der Waals surface area contributed by atoms with E-state index in [9.17, 15) is 18.8 Å². The third kappa shape index (κ3) is 4.23. The average molecular weight is 381 g/mol. The van der Waals surface area contributed by atoms with E-state index in [2.05, 4.69) is 21.7 Å². The number of hydrogen-bond donors (Lipinski definition) is 2. The van der Waals surface area contributed by atoms with E-state index in [1.165, 1.54) is 6.07 Å². The number of nitriles is 1. The summed E-state index contributed by atoms with van der Waals surface area (Å²) in [5.74, 6) is -1.99. The van der Waals surface area contributed by atoms with E-state index in [0.717, 1.165) is 28.6 Å². The number of aryl methyl sites for hydroxylation is 1. The Kier molecular flexibility index (Phi) is 5.80. The zero-order valence-corrected chi connectivity index (χ0v) is 15.3. The van der Waals surface area contributed by atoms with Gasteiger partial charge < -0.3 is 5.32 Å². The molecule has 7 heteroatoms. The molecule has 28 heavy (non-hydrogen) atoms. The van der Waals surface area contributed by atoms with Crippen LogP contribution in [-0.4, -0.2) is 19.0 Å². The summed E-state index contributed by atoms with van der Waals surface area (Å²) >= 11 is 0. The van der Waals surface area contributed by atoms with Gasteiger partial charge >= 0.3 is 0 Å². The molecule has 0 bridgehead atoms. The third-order valence-corrected chi connectivity index (χ3v) is 4.29. The summed E-state index contributed by atoms with van der Waals surface area (Å²) in [6.45, 7) is 2.68. The van der Waals surface area contributed by atoms with Gasteiger partial charge in [-0.2, -0.15) is 5.26 Å². The Morgan fingerprint density at radius 2 is 1.89 bits per heavy atom. The van der Waals surface area contributed by atoms with Crippen molar-refractivity contribution in [1.82, 2.24) is 5.32 Å². The molecule has 1 heterocycles. The fraction of sp³-hybridized carbons (Fsp3) is 0.190. The van der Waals surface area contributed by atoms with Gasteiger partial charge in [-0.15, -0.1) is 0 Å². The van der Waals surface area contributed by atoms with E-state index in [4.69, 9.17) is 0 Å². The van der Waals surface area contributed by atoms with Crippen LogP contribution in [0.2, 0.25) is 0 Å². The summed E-state index contributed by atoms with van der Waals surface area (Å²) in [7, 11) is 0. The first-order valence-electron chi connectivity index (χ1n) is 8.82. The molecule has 5 nitrogen and oxygen atoms in total. The van der Waals surface area contributed by atoms with Gasteiger partial charge in [0, 0.05) is 18.4 Å². The first-order valence-corrected chi connectivity index (χ1v) is 8.82. The second-order valence-corrected chi connectivity index (χ2v) is 6.39. The van der Waals surface area contributed by atoms with Gasteiger partial charge in [0.2, 0.25) is 0 Å². The molecule has 3 N–H and O–H groups in total. The van der Waals surface area contributed by atoms with Crippen LogP contribution in [0.15, 0.2) is 42.5 Å². The number of aromatic nitrogens is 1. The number of aromatic amines is 1. The van der Waals surface area contributed by atoms with Crippen molar-refractivity contribution in [2.24, 2.45) is 0 Å². The highest BCUT2D eigenvalue weighted by Gasteiger charge is 2.16. The molecule has 0 unspecified atom stereocenters. The maximum Gasteiger partial charge on any atom is 0.290 e. The van der Waals surface area contributed by atoms with Gasteiger partial charge in [0.1, 0.15) is 34.3 Å². The summed E-state index contributed by atoms with van der Waals surface area (Å²) in [6.07, 6.45) is 0.506. The van der Waals surface area contributed by atoms with Gasteiger partial charge in [-0.3, -0.25) is 10.1 Å². The van der Waals surface area contributed by atoms with E-state index < -0.39 is 23.1 Å². The lowest BCUT2D eigenvalue weighted by atomic mass is 10.1. The molecular formula is C21H19F2N4O+. The van der Waals surface area contributed by atoms with Crippen LogP contribution >= 0.6 is 0 Å². The van der Waals surface area contributed by atoms with Gasteiger partial charge in [0.15, 0.2) is 0 Å². The Hall–Kier alpha value is -3.53. The maximum absolute atomic E-state index is 13.6. The number of rotatable bonds is 6. The Morgan fingerprint density at radius 1 is 1.14 bits per heavy atom. The summed E-state index contributed by atoms with van der Waals surface area (Å²) < 4.78 is 27.2. The van der Waals surface area contributed by atoms with Crippen molar-refractivity contribution in [2.75, 3.05) is 18.4 Å². The van der Waals surface area contributed by atoms with Gasteiger partial charge in [-0.1, -0.05) is 18.2 Å². The largest absolute Gasteiger partial charge is 0.352 e. The quantitative estimate of drug-likeness (QED) is 0.643. The van der Waals surface area contributed by atoms with Crippen molar-refractivity contribution < 1.29 is 18.6 Å². The summed E-state index contributed by atoms with van der Waals surface area (Å²) in [5, 5.41) is 15.9. The summed E-state index contributed by atoms with van der Waals surface area (Å²) in [6, 6.07) is 13.2. The number of halogens is 2. The number of benzene rings is 2. The topological polar surface area (TPSA) is 79.1 Å². The zero-order chi connectivity index (χ0) is 20.1. The highest BCUT2D eigenvalue weighted by atomic mass is 19.1. The number of pyridine rings is 1. The minimum Gasteiger partial charge on any atom is -0.352 e. The fourth-order valence-corrected chi connectivity index (χ4v) is 2.87. The fourth-order valence-electron chi connectivity index (χ4n) is 2.87. The number of nitrogens with zero attached hydrogens (tertiary/aromatic N) is 1. The average Bonchev–Trinajstić information content (AvgIpc) is 2.67. The molecule has 0 spiro atoms. The van der Waals surface area contributed by atoms with Crippen LogP contribution in [0.25, 0.3) is 10.9 Å². The van der Waals surface area contributed by atoms with Gasteiger partial charge in [-0.05, 0) is 36.8 Å². The molecule has 0 aliphatic carbocycles. The van der Waals surface area contributed by atoms with Crippen LogP contribution in [0.3, 0.4) is 0 Å². The number of carbonyl (C=O) groups is 1. The third-order valence-electron chi connectivity index (χ3n) is 4.29. The van der Waals surface area contributed by atoms with E-state index in [0.29, 0.717) is 24.3 Å². The van der Waals surface area contributed by atoms with E-state index in [-0.39, 0.29) is 6.54 Å². The number of anilines is 1. The second kappa shape index (κ2) is 8.44. The number of H-pyrrole nitrogens is 1. The van der Waals surface area contributed by atoms with Crippen LogP contribution in [0.1, 0.15) is 27.9 Å². The molecule has 1 aromatic heterocycles. The minimum absolute atomic E-state index is 0.230. The molecule has 3 aromatic rings. The Labute approximate surface area is 161 Å². The maximum atomic E-state index is 13.6. The first kappa shape index (κ1) is 19.2. The van der Waals surface area contributed by atoms with E-state index in [1.807, 2.05) is 25.1 Å². The second-order valence-electron chi connectivity index (χ2n) is 6.39. The van der Waals surface area contributed by atoms with E-state index in [1.54, 1.807) is 6.07 Å². The SMILES string of the molecule is Cc1ccc2cc(C#N)c(NCCCNC(=O)c3c(F)cccc3F)[nH+]c2c1. The molecule has 0 aliphatic heterocycles. The number of amides is 1. The molecule has 1 amide bonds. The van der Waals surface area contributed by atoms with Gasteiger partial charge in [-0.25, -0.2) is 13.8 Å². The highest BCUT2D eigenvalue weighted by Crippen LogP contribution is 2.17. The van der Waals surface area contributed by atoms with Gasteiger partial charge in [0.25, 0.3) is 11.7 Å². The van der Waals surface area contributed by atoms with Crippen molar-refractivity contribution in [3.63, 3.8) is 0 Å². The molecule has 0 aliphatic rings. The van der Waals surface area contributed by atoms with Crippen LogP contribution < -0.4 is 15.6 Å². The Bertz CT molecular complexity index is 1060. The Morgan fingerprint density at radius 3 is 2.61 bits per heavy atom. The molecule has 2 aromatic carbocycles. The number of fused-ring (bicyclic) bond motifs is 1. The highest BCUT2D eigenvalue weighted by molar-refractivity contribution is 5.94. The lowest BCUT2D eigenvalue weighted by Crippen LogP contribution is -2.28. The number of carbonyl (C=O) groups excluding carboxylic acids is 1. The van der Waals surface area contributed by atoms with Crippen molar-refractivity contribution in [3.8, 4) is 6.07 Å². The van der Waals surface area contributed by atoms with Crippen molar-refractivity contribution in [3.05, 3.63) is 70.8 Å². The normalized spacial score (nSPS) is 10.5. The number of nitrogens with one attached hydrogen (secondary N) is 3. The minimum atomic E-state index is -0.893. The number of hydrogen-bond acceptors (Lipinski definition) is 3. The van der Waals surface area contributed by atoms with Crippen LogP contribution in [-0.2, 0) is 0 Å². The summed E-state index contributed by atoms with van der Waals surface area (Å²) in [4.78, 5) is 15.1. The summed E-state index contributed by atoms with van der Waals surface area (Å²) in [5.41, 5.74) is 1.90. The van der Waals surface area contributed by atoms with Crippen LogP contribution in [0.5, 0.6) is 0 Å². The molecule has 0 fully saturated rings. The molecule has 0 saturated carbocycles. The predicted octanol–water partition coefficient (Wildman–Crippen LogP) is 3.34. The van der Waals surface area contributed by atoms with Crippen molar-refractivity contribution >= 4 is 22.6 Å². The van der Waals surface area contributed by atoms with Crippen LogP contribution in [0, 0.1) is 29.9 Å². The van der Waals surface area contributed by atoms with Crippen LogP contribution in [0.4, 0.5) is 14.6 Å². The lowest BCUT2D eigenvalue weighted by Gasteiger charge is -2.07. The predicted molar refractivity (Wildman–Crippen MR) is 102 cm³/mol. The molecular weight excluding hydrogens is 362 g/mol. The lowest BCUT2D eigenvalue weighted by molar-refractivity contribution is -0.327.